The largest absolute Gasteiger partial charge is 0.497 e. The van der Waals surface area contributed by atoms with Gasteiger partial charge in [-0.1, -0.05) is 6.07 Å². The van der Waals surface area contributed by atoms with Crippen LogP contribution in [0.25, 0.3) is 0 Å². The van der Waals surface area contributed by atoms with Crippen LogP contribution in [0.15, 0.2) is 30.5 Å². The number of nitrogens with zero attached hydrogens (tertiary/aromatic N) is 1. The molecule has 0 aliphatic carbocycles. The van der Waals surface area contributed by atoms with E-state index in [1.807, 2.05) is 6.07 Å². The molecule has 0 unspecified atom stereocenters. The molecule has 0 bridgehead atoms. The zero-order valence-electron chi connectivity index (χ0n) is 9.71. The number of aromatic nitrogens is 2. The molecule has 0 atom stereocenters. The molecule has 0 amide bonds. The smallest absolute Gasteiger partial charge is 0.353 e. The molecule has 0 spiro atoms. The van der Waals surface area contributed by atoms with E-state index in [0.29, 0.717) is 17.3 Å². The fourth-order valence-electron chi connectivity index (χ4n) is 1.39. The van der Waals surface area contributed by atoms with Gasteiger partial charge in [0.25, 0.3) is 0 Å². The van der Waals surface area contributed by atoms with E-state index >= 15 is 0 Å². The Morgan fingerprint density at radius 1 is 1.44 bits per heavy atom. The van der Waals surface area contributed by atoms with Crippen LogP contribution in [0.2, 0.25) is 0 Å². The van der Waals surface area contributed by atoms with Crippen LogP contribution in [0.3, 0.4) is 0 Å². The van der Waals surface area contributed by atoms with E-state index in [0.717, 1.165) is 0 Å². The van der Waals surface area contributed by atoms with Crippen LogP contribution in [0, 0.1) is 0 Å². The molecule has 1 aromatic heterocycles. The minimum atomic E-state index is -1.05. The van der Waals surface area contributed by atoms with Crippen LogP contribution >= 0.6 is 0 Å². The van der Waals surface area contributed by atoms with Gasteiger partial charge in [0.2, 0.25) is 0 Å². The van der Waals surface area contributed by atoms with Gasteiger partial charge in [0, 0.05) is 6.07 Å². The summed E-state index contributed by atoms with van der Waals surface area (Å²) >= 11 is 0. The second-order valence-corrected chi connectivity index (χ2v) is 3.52. The number of carboxylic acids is 1. The van der Waals surface area contributed by atoms with Crippen molar-refractivity contribution in [3.05, 3.63) is 42.0 Å². The van der Waals surface area contributed by atoms with Gasteiger partial charge in [0.05, 0.1) is 13.3 Å². The summed E-state index contributed by atoms with van der Waals surface area (Å²) in [6.07, 6.45) is 1.26. The predicted octanol–water partition coefficient (Wildman–Crippen LogP) is 1.70. The Labute approximate surface area is 103 Å². The average Bonchev–Trinajstić information content (AvgIpc) is 2.85. The number of methoxy groups -OCH3 is 1. The second kappa shape index (κ2) is 5.22. The van der Waals surface area contributed by atoms with Crippen molar-refractivity contribution in [1.82, 2.24) is 9.97 Å². The summed E-state index contributed by atoms with van der Waals surface area (Å²) in [5, 5.41) is 8.72. The summed E-state index contributed by atoms with van der Waals surface area (Å²) in [7, 11) is 1.57. The van der Waals surface area contributed by atoms with Crippen molar-refractivity contribution in [3.8, 4) is 11.5 Å². The van der Waals surface area contributed by atoms with E-state index in [1.165, 1.54) is 6.20 Å². The van der Waals surface area contributed by atoms with Gasteiger partial charge in [0.15, 0.2) is 0 Å². The summed E-state index contributed by atoms with van der Waals surface area (Å²) < 4.78 is 10.5. The van der Waals surface area contributed by atoms with E-state index in [1.54, 1.807) is 25.3 Å². The number of H-pyrrole nitrogens is 1. The first-order chi connectivity index (χ1) is 8.69. The van der Waals surface area contributed by atoms with Gasteiger partial charge >= 0.3 is 5.97 Å². The fraction of sp³-hybridized carbons (Fsp3) is 0.167. The minimum absolute atomic E-state index is 0.0410. The Hall–Kier alpha value is -2.50. The molecule has 94 valence electrons. The maximum Gasteiger partial charge on any atom is 0.353 e. The molecule has 0 saturated carbocycles. The van der Waals surface area contributed by atoms with Crippen LogP contribution in [-0.2, 0) is 6.61 Å². The topological polar surface area (TPSA) is 84.4 Å². The third-order valence-corrected chi connectivity index (χ3v) is 2.28. The average molecular weight is 248 g/mol. The van der Waals surface area contributed by atoms with Crippen LogP contribution in [0.4, 0.5) is 0 Å². The van der Waals surface area contributed by atoms with Crippen LogP contribution in [-0.4, -0.2) is 28.2 Å². The van der Waals surface area contributed by atoms with E-state index in [-0.39, 0.29) is 12.3 Å². The first-order valence-corrected chi connectivity index (χ1v) is 5.23. The maximum atomic E-state index is 10.6. The quantitative estimate of drug-likeness (QED) is 0.841. The van der Waals surface area contributed by atoms with Crippen molar-refractivity contribution in [1.29, 1.82) is 0 Å². The molecule has 0 aliphatic heterocycles. The molecule has 0 radical (unpaired) electrons. The number of rotatable bonds is 5. The summed E-state index contributed by atoms with van der Waals surface area (Å²) in [6.45, 7) is 0.167. The Balaban J connectivity index is 1.99. The first-order valence-electron chi connectivity index (χ1n) is 5.23. The molecule has 0 saturated heterocycles. The highest BCUT2D eigenvalue weighted by Crippen LogP contribution is 2.19. The van der Waals surface area contributed by atoms with Crippen LogP contribution in [0.1, 0.15) is 16.3 Å². The minimum Gasteiger partial charge on any atom is -0.497 e. The molecule has 1 heterocycles. The molecule has 2 rings (SSSR count). The highest BCUT2D eigenvalue weighted by atomic mass is 16.5. The van der Waals surface area contributed by atoms with Crippen molar-refractivity contribution >= 4 is 5.97 Å². The number of aromatic amines is 1. The third kappa shape index (κ3) is 2.79. The predicted molar refractivity (Wildman–Crippen MR) is 62.9 cm³/mol. The number of imidazole rings is 1. The number of aromatic carboxylic acids is 1. The standard InChI is InChI=1S/C12H12N2O4/c1-17-8-3-2-4-9(5-8)18-7-11-13-6-10(14-11)12(15)16/h2-6H,7H2,1H3,(H,13,14)(H,15,16). The summed E-state index contributed by atoms with van der Waals surface area (Å²) in [5.41, 5.74) is 0.0410. The van der Waals surface area contributed by atoms with Gasteiger partial charge in [-0.15, -0.1) is 0 Å². The molecule has 6 nitrogen and oxygen atoms in total. The third-order valence-electron chi connectivity index (χ3n) is 2.28. The SMILES string of the molecule is COc1cccc(OCc2ncc(C(=O)O)[nH]2)c1. The Morgan fingerprint density at radius 2 is 2.22 bits per heavy atom. The lowest BCUT2D eigenvalue weighted by atomic mass is 10.3. The Morgan fingerprint density at radius 3 is 2.89 bits per heavy atom. The van der Waals surface area contributed by atoms with Gasteiger partial charge in [0.1, 0.15) is 29.6 Å². The van der Waals surface area contributed by atoms with Crippen molar-refractivity contribution in [2.24, 2.45) is 0 Å². The monoisotopic (exact) mass is 248 g/mol. The van der Waals surface area contributed by atoms with Crippen LogP contribution < -0.4 is 9.47 Å². The van der Waals surface area contributed by atoms with Crippen molar-refractivity contribution < 1.29 is 19.4 Å². The molecular formula is C12H12N2O4. The highest BCUT2D eigenvalue weighted by Gasteiger charge is 2.07. The number of hydrogen-bond donors (Lipinski definition) is 2. The normalized spacial score (nSPS) is 10.1. The number of nitrogens with one attached hydrogen (secondary N) is 1. The number of carbonyl (C=O) groups is 1. The van der Waals surface area contributed by atoms with Crippen molar-refractivity contribution in [2.45, 2.75) is 6.61 Å². The summed E-state index contributed by atoms with van der Waals surface area (Å²) in [4.78, 5) is 17.2. The Bertz CT molecular complexity index is 551. The molecule has 2 N–H and O–H groups in total. The fourth-order valence-corrected chi connectivity index (χ4v) is 1.39. The number of benzene rings is 1. The zero-order valence-corrected chi connectivity index (χ0v) is 9.71. The highest BCUT2D eigenvalue weighted by molar-refractivity contribution is 5.84. The maximum absolute atomic E-state index is 10.6. The lowest BCUT2D eigenvalue weighted by Crippen LogP contribution is -2.00. The van der Waals surface area contributed by atoms with E-state index < -0.39 is 5.97 Å². The zero-order chi connectivity index (χ0) is 13.0. The summed E-state index contributed by atoms with van der Waals surface area (Å²) in [6, 6.07) is 7.13. The van der Waals surface area contributed by atoms with Crippen molar-refractivity contribution in [3.63, 3.8) is 0 Å². The van der Waals surface area contributed by atoms with Gasteiger partial charge in [-0.3, -0.25) is 0 Å². The van der Waals surface area contributed by atoms with Crippen molar-refractivity contribution in [2.75, 3.05) is 7.11 Å². The number of ether oxygens (including phenoxy) is 2. The number of hydrogen-bond acceptors (Lipinski definition) is 4. The molecule has 1 aromatic carbocycles. The molecule has 2 aromatic rings. The van der Waals surface area contributed by atoms with Gasteiger partial charge in [-0.25, -0.2) is 9.78 Å². The van der Waals surface area contributed by atoms with E-state index in [9.17, 15) is 4.79 Å². The van der Waals surface area contributed by atoms with Crippen LogP contribution in [0.5, 0.6) is 11.5 Å². The molecule has 6 heteroatoms. The van der Waals surface area contributed by atoms with E-state index in [2.05, 4.69) is 9.97 Å². The van der Waals surface area contributed by atoms with Gasteiger partial charge < -0.3 is 19.6 Å². The molecule has 0 aliphatic rings. The summed E-state index contributed by atoms with van der Waals surface area (Å²) in [5.74, 6) is 0.728. The second-order valence-electron chi connectivity index (χ2n) is 3.52. The number of carboxylic acid groups (broad SMARTS) is 1. The lowest BCUT2D eigenvalue weighted by Gasteiger charge is -2.05. The van der Waals surface area contributed by atoms with E-state index in [4.69, 9.17) is 14.6 Å². The Kier molecular flexibility index (Phi) is 3.47. The first kappa shape index (κ1) is 12.0. The molecular weight excluding hydrogens is 236 g/mol. The van der Waals surface area contributed by atoms with Gasteiger partial charge in [-0.05, 0) is 12.1 Å². The van der Waals surface area contributed by atoms with Gasteiger partial charge in [-0.2, -0.15) is 0 Å². The molecule has 0 fully saturated rings. The lowest BCUT2D eigenvalue weighted by molar-refractivity contribution is 0.0691. The molecule has 18 heavy (non-hydrogen) atoms.